The Hall–Kier alpha value is -2.95. The van der Waals surface area contributed by atoms with Crippen LogP contribution in [0.1, 0.15) is 41.4 Å². The van der Waals surface area contributed by atoms with Crippen LogP contribution in [0.2, 0.25) is 0 Å². The Bertz CT molecular complexity index is 1320. The molecule has 2 aromatic heterocycles. The topological polar surface area (TPSA) is 93.4 Å². The van der Waals surface area contributed by atoms with Crippen molar-refractivity contribution >= 4 is 26.8 Å². The monoisotopic (exact) mass is 481 g/mol. The number of hydrogen-bond donors (Lipinski definition) is 0. The summed E-state index contributed by atoms with van der Waals surface area (Å²) in [6, 6.07) is 5.76. The molecule has 4 rings (SSSR count). The van der Waals surface area contributed by atoms with Crippen LogP contribution in [-0.4, -0.2) is 53.5 Å². The lowest BCUT2D eigenvalue weighted by Gasteiger charge is -2.28. The largest absolute Gasteiger partial charge is 0.417 e. The number of hydrogen-bond acceptors (Lipinski definition) is 6. The van der Waals surface area contributed by atoms with Crippen LogP contribution in [-0.2, 0) is 16.0 Å². The van der Waals surface area contributed by atoms with E-state index in [1.54, 1.807) is 6.92 Å². The first-order chi connectivity index (χ1) is 15.5. The summed E-state index contributed by atoms with van der Waals surface area (Å²) in [7, 11) is -3.25. The number of benzene rings is 1. The van der Waals surface area contributed by atoms with Crippen LogP contribution in [0.5, 0.6) is 0 Å². The predicted octanol–water partition coefficient (Wildman–Crippen LogP) is 4.26. The van der Waals surface area contributed by atoms with Crippen molar-refractivity contribution in [3.05, 3.63) is 47.2 Å². The van der Waals surface area contributed by atoms with Gasteiger partial charge in [-0.2, -0.15) is 13.2 Å². The fraction of sp³-hybridized carbons (Fsp3) is 0.409. The maximum Gasteiger partial charge on any atom is 0.417 e. The number of sulfone groups is 1. The fourth-order valence-electron chi connectivity index (χ4n) is 4.22. The third-order valence-electron chi connectivity index (χ3n) is 5.73. The second-order valence-corrected chi connectivity index (χ2v) is 10.3. The Labute approximate surface area is 188 Å². The van der Waals surface area contributed by atoms with E-state index < -0.39 is 33.5 Å². The quantitative estimate of drug-likeness (QED) is 0.541. The molecule has 0 radical (unpaired) electrons. The van der Waals surface area contributed by atoms with E-state index >= 15 is 0 Å². The minimum Gasteiger partial charge on any atom is -0.335 e. The average Bonchev–Trinajstić information content (AvgIpc) is 3.32. The zero-order valence-corrected chi connectivity index (χ0v) is 18.8. The number of aryl methyl sites for hydroxylation is 1. The van der Waals surface area contributed by atoms with Crippen molar-refractivity contribution in [2.24, 2.45) is 0 Å². The fourth-order valence-corrected chi connectivity index (χ4v) is 5.95. The van der Waals surface area contributed by atoms with Crippen LogP contribution in [0.3, 0.4) is 0 Å². The van der Waals surface area contributed by atoms with E-state index in [4.69, 9.17) is 4.52 Å². The van der Waals surface area contributed by atoms with Gasteiger partial charge in [-0.05, 0) is 31.9 Å². The van der Waals surface area contributed by atoms with Gasteiger partial charge in [0, 0.05) is 18.2 Å². The highest BCUT2D eigenvalue weighted by Gasteiger charge is 2.37. The van der Waals surface area contributed by atoms with Crippen molar-refractivity contribution in [2.45, 2.75) is 38.9 Å². The molecule has 176 valence electrons. The molecule has 1 aliphatic heterocycles. The molecule has 7 nitrogen and oxygen atoms in total. The van der Waals surface area contributed by atoms with E-state index in [1.807, 2.05) is 6.92 Å². The van der Waals surface area contributed by atoms with Gasteiger partial charge < -0.3 is 9.42 Å². The van der Waals surface area contributed by atoms with Gasteiger partial charge in [0.15, 0.2) is 9.84 Å². The molecule has 0 N–H and O–H groups in total. The number of halogens is 3. The van der Waals surface area contributed by atoms with Gasteiger partial charge in [-0.25, -0.2) is 13.4 Å². The Morgan fingerprint density at radius 2 is 2.00 bits per heavy atom. The van der Waals surface area contributed by atoms with Crippen LogP contribution < -0.4 is 0 Å². The Morgan fingerprint density at radius 1 is 1.27 bits per heavy atom. The van der Waals surface area contributed by atoms with Crippen LogP contribution in [0.15, 0.2) is 34.9 Å². The van der Waals surface area contributed by atoms with Gasteiger partial charge in [0.2, 0.25) is 0 Å². The van der Waals surface area contributed by atoms with Crippen LogP contribution in [0.4, 0.5) is 13.2 Å². The summed E-state index contributed by atoms with van der Waals surface area (Å²) in [5.74, 6) is -0.629. The number of carbonyl (C=O) groups excluding carboxylic acids is 1. The van der Waals surface area contributed by atoms with Gasteiger partial charge in [-0.1, -0.05) is 30.3 Å². The number of rotatable bonds is 5. The summed E-state index contributed by atoms with van der Waals surface area (Å²) < 4.78 is 70.1. The molecule has 11 heteroatoms. The molecular weight excluding hydrogens is 459 g/mol. The molecule has 0 aliphatic carbocycles. The minimum absolute atomic E-state index is 0.00653. The summed E-state index contributed by atoms with van der Waals surface area (Å²) in [6.07, 6.45) is -3.72. The summed E-state index contributed by atoms with van der Waals surface area (Å²) in [5, 5.41) is 4.15. The second kappa shape index (κ2) is 8.44. The van der Waals surface area contributed by atoms with Crippen molar-refractivity contribution in [3.63, 3.8) is 0 Å². The van der Waals surface area contributed by atoms with E-state index in [9.17, 15) is 26.4 Å². The highest BCUT2D eigenvalue weighted by molar-refractivity contribution is 7.91. The first-order valence-electron chi connectivity index (χ1n) is 10.5. The summed E-state index contributed by atoms with van der Waals surface area (Å²) in [6.45, 7) is 3.78. The van der Waals surface area contributed by atoms with E-state index in [0.717, 1.165) is 6.07 Å². The molecule has 0 spiro atoms. The van der Waals surface area contributed by atoms with Gasteiger partial charge in [-0.3, -0.25) is 4.79 Å². The molecule has 1 aliphatic rings. The van der Waals surface area contributed by atoms with Crippen molar-refractivity contribution in [1.82, 2.24) is 15.0 Å². The Kier molecular flexibility index (Phi) is 5.94. The molecule has 1 amide bonds. The van der Waals surface area contributed by atoms with E-state index in [2.05, 4.69) is 10.1 Å². The number of pyridine rings is 1. The smallest absolute Gasteiger partial charge is 0.335 e. The van der Waals surface area contributed by atoms with Gasteiger partial charge in [-0.15, -0.1) is 0 Å². The standard InChI is InChI=1S/C22H22F3N3O4S/c1-3-9-28(14-8-10-33(30,31)12-14)21(29)16-11-18(26-20-19(16)13(2)27-32-20)15-6-4-5-7-17(15)22(23,24)25/h4-7,11,14H,3,8-10,12H2,1-2H3. The van der Waals surface area contributed by atoms with Crippen molar-refractivity contribution in [2.75, 3.05) is 18.1 Å². The Balaban J connectivity index is 1.88. The lowest BCUT2D eigenvalue weighted by Crippen LogP contribution is -2.41. The zero-order chi connectivity index (χ0) is 24.0. The molecule has 1 fully saturated rings. The minimum atomic E-state index is -4.62. The molecule has 0 bridgehead atoms. The highest BCUT2D eigenvalue weighted by atomic mass is 32.2. The second-order valence-electron chi connectivity index (χ2n) is 8.10. The summed E-state index contributed by atoms with van der Waals surface area (Å²) in [5.41, 5.74) is -0.763. The highest BCUT2D eigenvalue weighted by Crippen LogP contribution is 2.38. The Morgan fingerprint density at radius 3 is 2.64 bits per heavy atom. The third-order valence-corrected chi connectivity index (χ3v) is 7.48. The number of nitrogens with zero attached hydrogens (tertiary/aromatic N) is 3. The van der Waals surface area contributed by atoms with E-state index in [0.29, 0.717) is 30.5 Å². The number of alkyl halides is 3. The molecule has 1 saturated heterocycles. The zero-order valence-electron chi connectivity index (χ0n) is 18.0. The molecular formula is C22H22F3N3O4S. The molecule has 3 aromatic rings. The van der Waals surface area contributed by atoms with E-state index in [1.165, 1.54) is 29.2 Å². The van der Waals surface area contributed by atoms with Gasteiger partial charge in [0.25, 0.3) is 11.6 Å². The summed E-state index contributed by atoms with van der Waals surface area (Å²) in [4.78, 5) is 19.4. The van der Waals surface area contributed by atoms with Crippen molar-refractivity contribution in [3.8, 4) is 11.3 Å². The number of amides is 1. The van der Waals surface area contributed by atoms with Gasteiger partial charge >= 0.3 is 6.18 Å². The predicted molar refractivity (Wildman–Crippen MR) is 115 cm³/mol. The lowest BCUT2D eigenvalue weighted by molar-refractivity contribution is -0.137. The molecule has 3 heterocycles. The number of carbonyl (C=O) groups is 1. The van der Waals surface area contributed by atoms with Gasteiger partial charge in [0.1, 0.15) is 0 Å². The molecule has 1 atom stereocenters. The molecule has 33 heavy (non-hydrogen) atoms. The van der Waals surface area contributed by atoms with Crippen LogP contribution in [0, 0.1) is 6.92 Å². The first-order valence-corrected chi connectivity index (χ1v) is 12.3. The normalized spacial score (nSPS) is 18.0. The first kappa shape index (κ1) is 23.2. The molecule has 0 saturated carbocycles. The number of aromatic nitrogens is 2. The van der Waals surface area contributed by atoms with Crippen LogP contribution in [0.25, 0.3) is 22.4 Å². The van der Waals surface area contributed by atoms with Crippen LogP contribution >= 0.6 is 0 Å². The lowest BCUT2D eigenvalue weighted by atomic mass is 10.00. The summed E-state index contributed by atoms with van der Waals surface area (Å²) >= 11 is 0. The molecule has 1 unspecified atom stereocenters. The van der Waals surface area contributed by atoms with Gasteiger partial charge in [0.05, 0.1) is 39.4 Å². The molecule has 1 aromatic carbocycles. The van der Waals surface area contributed by atoms with Crippen molar-refractivity contribution in [1.29, 1.82) is 0 Å². The maximum atomic E-state index is 13.7. The van der Waals surface area contributed by atoms with E-state index in [-0.39, 0.29) is 34.0 Å². The SMILES string of the molecule is CCCN(C(=O)c1cc(-c2ccccc2C(F)(F)F)nc2onc(C)c12)C1CCS(=O)(=O)C1. The number of fused-ring (bicyclic) bond motifs is 1. The third kappa shape index (κ3) is 4.46. The average molecular weight is 481 g/mol. The van der Waals surface area contributed by atoms with Crippen molar-refractivity contribution < 1.29 is 30.9 Å². The maximum absolute atomic E-state index is 13.7.